The molecule has 3 aromatic rings. The lowest BCUT2D eigenvalue weighted by molar-refractivity contribution is -0.116. The van der Waals surface area contributed by atoms with E-state index in [9.17, 15) is 4.79 Å². The Labute approximate surface area is 165 Å². The van der Waals surface area contributed by atoms with Gasteiger partial charge in [0.2, 0.25) is 0 Å². The predicted molar refractivity (Wildman–Crippen MR) is 117 cm³/mol. The third-order valence-corrected chi connectivity index (χ3v) is 6.02. The second-order valence-corrected chi connectivity index (χ2v) is 7.94. The second-order valence-electron chi connectivity index (χ2n) is 7.94. The molecule has 0 bridgehead atoms. The standard InChI is InChI=1S/C25H24N2O/c1-27(2)18-13-10-17(11-14-18)25-24-20(8-5-9-22(24)28)23-19-7-4-3-6-16(19)12-15-21(23)26-25/h3-4,6-7,10-15,25-26H,5,8-9H2,1-2H3/t25-/m0/s1. The molecule has 0 spiro atoms. The first kappa shape index (κ1) is 17.1. The molecule has 2 aliphatic rings. The molecule has 1 aliphatic carbocycles. The van der Waals surface area contributed by atoms with Crippen molar-refractivity contribution in [3.8, 4) is 0 Å². The van der Waals surface area contributed by atoms with Crippen molar-refractivity contribution in [1.29, 1.82) is 0 Å². The Morgan fingerprint density at radius 1 is 0.929 bits per heavy atom. The number of allylic oxidation sites excluding steroid dienone is 1. The Morgan fingerprint density at radius 2 is 1.71 bits per heavy atom. The van der Waals surface area contributed by atoms with E-state index >= 15 is 0 Å². The summed E-state index contributed by atoms with van der Waals surface area (Å²) in [5, 5.41) is 6.15. The van der Waals surface area contributed by atoms with Gasteiger partial charge in [-0.05, 0) is 52.9 Å². The fraction of sp³-hybridized carbons (Fsp3) is 0.240. The van der Waals surface area contributed by atoms with Crippen LogP contribution in [0.2, 0.25) is 0 Å². The van der Waals surface area contributed by atoms with Crippen molar-refractivity contribution in [1.82, 2.24) is 0 Å². The van der Waals surface area contributed by atoms with Crippen LogP contribution in [0.15, 0.2) is 66.2 Å². The Hall–Kier alpha value is -3.07. The smallest absolute Gasteiger partial charge is 0.161 e. The molecular formula is C25H24N2O. The summed E-state index contributed by atoms with van der Waals surface area (Å²) in [5.74, 6) is 0.286. The monoisotopic (exact) mass is 368 g/mol. The number of nitrogens with one attached hydrogen (secondary N) is 1. The van der Waals surface area contributed by atoms with E-state index in [0.717, 1.165) is 35.4 Å². The third-order valence-electron chi connectivity index (χ3n) is 6.02. The highest BCUT2D eigenvalue weighted by atomic mass is 16.1. The van der Waals surface area contributed by atoms with Gasteiger partial charge in [0.1, 0.15) is 0 Å². The van der Waals surface area contributed by atoms with E-state index in [1.165, 1.54) is 21.9 Å². The number of hydrogen-bond donors (Lipinski definition) is 1. The molecular weight excluding hydrogens is 344 g/mol. The Kier molecular flexibility index (Phi) is 3.97. The maximum Gasteiger partial charge on any atom is 0.161 e. The molecule has 0 saturated carbocycles. The lowest BCUT2D eigenvalue weighted by atomic mass is 9.77. The van der Waals surface area contributed by atoms with Gasteiger partial charge >= 0.3 is 0 Å². The summed E-state index contributed by atoms with van der Waals surface area (Å²) < 4.78 is 0. The van der Waals surface area contributed by atoms with Crippen molar-refractivity contribution in [2.45, 2.75) is 25.3 Å². The van der Waals surface area contributed by atoms with Crippen LogP contribution in [0.4, 0.5) is 11.4 Å². The lowest BCUT2D eigenvalue weighted by Gasteiger charge is -2.35. The van der Waals surface area contributed by atoms with Gasteiger partial charge in [-0.15, -0.1) is 0 Å². The van der Waals surface area contributed by atoms with Crippen molar-refractivity contribution < 1.29 is 4.79 Å². The average molecular weight is 368 g/mol. The first-order valence-electron chi connectivity index (χ1n) is 9.95. The summed E-state index contributed by atoms with van der Waals surface area (Å²) >= 11 is 0. The largest absolute Gasteiger partial charge is 0.378 e. The molecule has 1 heterocycles. The number of anilines is 2. The van der Waals surface area contributed by atoms with Crippen LogP contribution >= 0.6 is 0 Å². The number of fused-ring (bicyclic) bond motifs is 4. The molecule has 1 aliphatic heterocycles. The number of carbonyl (C=O) groups excluding carboxylic acids is 1. The molecule has 0 fully saturated rings. The topological polar surface area (TPSA) is 32.3 Å². The number of benzene rings is 3. The molecule has 0 radical (unpaired) electrons. The summed E-state index contributed by atoms with van der Waals surface area (Å²) in [5.41, 5.74) is 6.87. The molecule has 0 aromatic heterocycles. The van der Waals surface area contributed by atoms with E-state index in [-0.39, 0.29) is 11.8 Å². The van der Waals surface area contributed by atoms with Crippen LogP contribution in [0.3, 0.4) is 0 Å². The Morgan fingerprint density at radius 3 is 2.50 bits per heavy atom. The van der Waals surface area contributed by atoms with Crippen molar-refractivity contribution in [3.63, 3.8) is 0 Å². The van der Waals surface area contributed by atoms with Crippen LogP contribution in [0.1, 0.15) is 36.4 Å². The minimum absolute atomic E-state index is 0.0762. The molecule has 0 saturated heterocycles. The maximum absolute atomic E-state index is 13.0. The SMILES string of the molecule is CN(C)c1ccc([C@@H]2Nc3ccc4ccccc4c3C3=C2C(=O)CCC3)cc1. The van der Waals surface area contributed by atoms with Gasteiger partial charge in [0.25, 0.3) is 0 Å². The van der Waals surface area contributed by atoms with Crippen LogP contribution in [0.25, 0.3) is 16.3 Å². The summed E-state index contributed by atoms with van der Waals surface area (Å²) in [6.45, 7) is 0. The summed E-state index contributed by atoms with van der Waals surface area (Å²) in [4.78, 5) is 15.1. The highest BCUT2D eigenvalue weighted by molar-refractivity contribution is 6.12. The van der Waals surface area contributed by atoms with Crippen molar-refractivity contribution in [2.75, 3.05) is 24.3 Å². The van der Waals surface area contributed by atoms with Crippen LogP contribution in [-0.4, -0.2) is 19.9 Å². The lowest BCUT2D eigenvalue weighted by Crippen LogP contribution is -2.27. The zero-order valence-corrected chi connectivity index (χ0v) is 16.3. The molecule has 3 nitrogen and oxygen atoms in total. The quantitative estimate of drug-likeness (QED) is 0.641. The normalized spacial score (nSPS) is 18.5. The maximum atomic E-state index is 13.0. The van der Waals surface area contributed by atoms with E-state index in [2.05, 4.69) is 70.9 Å². The molecule has 3 heteroatoms. The Balaban J connectivity index is 1.71. The van der Waals surface area contributed by atoms with Crippen LogP contribution < -0.4 is 10.2 Å². The van der Waals surface area contributed by atoms with Gasteiger partial charge in [0.15, 0.2) is 5.78 Å². The molecule has 0 amide bonds. The minimum Gasteiger partial charge on any atom is -0.378 e. The number of Topliss-reactive ketones (excluding diaryl/α,β-unsaturated/α-hetero) is 1. The van der Waals surface area contributed by atoms with Crippen LogP contribution in [0, 0.1) is 0 Å². The van der Waals surface area contributed by atoms with Gasteiger partial charge in [0, 0.05) is 43.0 Å². The van der Waals surface area contributed by atoms with Crippen molar-refractivity contribution in [2.24, 2.45) is 0 Å². The number of hydrogen-bond acceptors (Lipinski definition) is 3. The van der Waals surface area contributed by atoms with Gasteiger partial charge in [-0.25, -0.2) is 0 Å². The molecule has 1 atom stereocenters. The highest BCUT2D eigenvalue weighted by Gasteiger charge is 2.34. The average Bonchev–Trinajstić information content (AvgIpc) is 2.73. The summed E-state index contributed by atoms with van der Waals surface area (Å²) in [7, 11) is 4.08. The zero-order chi connectivity index (χ0) is 19.3. The van der Waals surface area contributed by atoms with E-state index in [4.69, 9.17) is 0 Å². The van der Waals surface area contributed by atoms with E-state index in [1.54, 1.807) is 0 Å². The number of nitrogens with zero attached hydrogens (tertiary/aromatic N) is 1. The molecule has 1 N–H and O–H groups in total. The molecule has 3 aromatic carbocycles. The van der Waals surface area contributed by atoms with Gasteiger partial charge in [-0.2, -0.15) is 0 Å². The van der Waals surface area contributed by atoms with E-state index in [0.29, 0.717) is 6.42 Å². The van der Waals surface area contributed by atoms with Crippen molar-refractivity contribution >= 4 is 33.5 Å². The molecule has 140 valence electrons. The number of ketones is 1. The van der Waals surface area contributed by atoms with E-state index in [1.807, 2.05) is 14.1 Å². The van der Waals surface area contributed by atoms with Crippen LogP contribution in [0.5, 0.6) is 0 Å². The zero-order valence-electron chi connectivity index (χ0n) is 16.3. The van der Waals surface area contributed by atoms with Crippen molar-refractivity contribution in [3.05, 3.63) is 77.4 Å². The molecule has 0 unspecified atom stereocenters. The summed E-state index contributed by atoms with van der Waals surface area (Å²) in [6, 6.07) is 21.3. The van der Waals surface area contributed by atoms with Gasteiger partial charge in [-0.1, -0.05) is 42.5 Å². The second kappa shape index (κ2) is 6.52. The highest BCUT2D eigenvalue weighted by Crippen LogP contribution is 2.47. The number of rotatable bonds is 2. The number of carbonyl (C=O) groups is 1. The molecule has 28 heavy (non-hydrogen) atoms. The predicted octanol–water partition coefficient (Wildman–Crippen LogP) is 5.58. The first-order valence-corrected chi connectivity index (χ1v) is 9.95. The van der Waals surface area contributed by atoms with Gasteiger partial charge < -0.3 is 10.2 Å². The third kappa shape index (κ3) is 2.62. The van der Waals surface area contributed by atoms with Gasteiger partial charge in [-0.3, -0.25) is 4.79 Å². The summed E-state index contributed by atoms with van der Waals surface area (Å²) in [6.07, 6.45) is 2.55. The first-order chi connectivity index (χ1) is 13.6. The Bertz CT molecular complexity index is 1110. The fourth-order valence-corrected chi connectivity index (χ4v) is 4.62. The van der Waals surface area contributed by atoms with E-state index < -0.39 is 0 Å². The molecule has 5 rings (SSSR count). The van der Waals surface area contributed by atoms with Gasteiger partial charge in [0.05, 0.1) is 6.04 Å². The van der Waals surface area contributed by atoms with Crippen LogP contribution in [-0.2, 0) is 4.79 Å². The minimum atomic E-state index is -0.0762. The fourth-order valence-electron chi connectivity index (χ4n) is 4.62.